The van der Waals surface area contributed by atoms with Crippen molar-refractivity contribution in [2.75, 3.05) is 0 Å². The number of imidazole rings is 1. The molecule has 1 unspecified atom stereocenters. The molecular weight excluding hydrogens is 468 g/mol. The Morgan fingerprint density at radius 2 is 1.18 bits per heavy atom. The molecule has 38 heavy (non-hydrogen) atoms. The Morgan fingerprint density at radius 3 is 1.82 bits per heavy atom. The van der Waals surface area contributed by atoms with Crippen LogP contribution >= 0.6 is 0 Å². The first-order chi connectivity index (χ1) is 18.7. The number of fused-ring (bicyclic) bond motifs is 5. The number of aldehydes is 1. The molecule has 0 fully saturated rings. The Kier molecular flexibility index (Phi) is 5.12. The minimum absolute atomic E-state index is 0.263. The van der Waals surface area contributed by atoms with E-state index in [-0.39, 0.29) is 5.91 Å². The standard InChI is InChI=1S/C34H22N2O2/c37-21-30-28-16-15-24(20-29(28)33-35-31-13-7-8-14-32(31)36(33)34(30)38)27-18-25(22-9-3-1-4-10-22)17-26(19-27)23-11-5-2-6-12-23/h1-21,30H. The predicted octanol–water partition coefficient (Wildman–Crippen LogP) is 7.64. The molecule has 0 saturated heterocycles. The fourth-order valence-corrected chi connectivity index (χ4v) is 5.42. The van der Waals surface area contributed by atoms with Gasteiger partial charge in [0.25, 0.3) is 0 Å². The Hall–Kier alpha value is -5.09. The number of hydrogen-bond donors (Lipinski definition) is 0. The number of carbonyl (C=O) groups excluding carboxylic acids is 2. The summed E-state index contributed by atoms with van der Waals surface area (Å²) in [5.41, 5.74) is 9.51. The molecule has 0 amide bonds. The van der Waals surface area contributed by atoms with Gasteiger partial charge in [-0.25, -0.2) is 4.98 Å². The monoisotopic (exact) mass is 490 g/mol. The smallest absolute Gasteiger partial charge is 0.247 e. The minimum atomic E-state index is -0.861. The molecule has 1 aliphatic heterocycles. The van der Waals surface area contributed by atoms with E-state index in [9.17, 15) is 9.59 Å². The second-order valence-electron chi connectivity index (χ2n) is 9.54. The Labute approximate surface area is 219 Å². The van der Waals surface area contributed by atoms with E-state index in [2.05, 4.69) is 48.5 Å². The third kappa shape index (κ3) is 3.50. The second-order valence-corrected chi connectivity index (χ2v) is 9.54. The highest BCUT2D eigenvalue weighted by molar-refractivity contribution is 6.09. The molecule has 0 saturated carbocycles. The quantitative estimate of drug-likeness (QED) is 0.188. The molecule has 6 aromatic rings. The van der Waals surface area contributed by atoms with Gasteiger partial charge >= 0.3 is 0 Å². The van der Waals surface area contributed by atoms with Crippen LogP contribution in [0.25, 0.3) is 55.8 Å². The van der Waals surface area contributed by atoms with Gasteiger partial charge in [-0.1, -0.05) is 84.9 Å². The molecule has 1 aliphatic rings. The largest absolute Gasteiger partial charge is 0.302 e. The van der Waals surface area contributed by atoms with Gasteiger partial charge in [-0.05, 0) is 75.3 Å². The topological polar surface area (TPSA) is 52.0 Å². The van der Waals surface area contributed by atoms with Crippen molar-refractivity contribution in [1.29, 1.82) is 0 Å². The summed E-state index contributed by atoms with van der Waals surface area (Å²) in [6.45, 7) is 0. The van der Waals surface area contributed by atoms with Gasteiger partial charge in [0.15, 0.2) is 0 Å². The normalized spacial score (nSPS) is 14.2. The summed E-state index contributed by atoms with van der Waals surface area (Å²) >= 11 is 0. The van der Waals surface area contributed by atoms with E-state index < -0.39 is 5.92 Å². The van der Waals surface area contributed by atoms with Gasteiger partial charge in [-0.15, -0.1) is 0 Å². The zero-order valence-electron chi connectivity index (χ0n) is 20.4. The fourth-order valence-electron chi connectivity index (χ4n) is 5.42. The zero-order chi connectivity index (χ0) is 25.6. The number of aromatic nitrogens is 2. The number of para-hydroxylation sites is 2. The molecule has 2 heterocycles. The first-order valence-electron chi connectivity index (χ1n) is 12.6. The minimum Gasteiger partial charge on any atom is -0.302 e. The van der Waals surface area contributed by atoms with Crippen LogP contribution in [-0.2, 0) is 4.79 Å². The fraction of sp³-hybridized carbons (Fsp3) is 0.0294. The third-order valence-corrected chi connectivity index (χ3v) is 7.29. The maximum absolute atomic E-state index is 13.3. The van der Waals surface area contributed by atoms with Crippen LogP contribution in [0.5, 0.6) is 0 Å². The van der Waals surface area contributed by atoms with Gasteiger partial charge in [-0.3, -0.25) is 9.36 Å². The number of rotatable bonds is 4. The summed E-state index contributed by atoms with van der Waals surface area (Å²) in [6.07, 6.45) is 0.738. The lowest BCUT2D eigenvalue weighted by Crippen LogP contribution is -2.27. The molecule has 180 valence electrons. The molecule has 0 aliphatic carbocycles. The summed E-state index contributed by atoms with van der Waals surface area (Å²) in [6, 6.07) is 40.8. The van der Waals surface area contributed by atoms with E-state index in [1.165, 1.54) is 0 Å². The van der Waals surface area contributed by atoms with Gasteiger partial charge in [0.2, 0.25) is 5.91 Å². The maximum atomic E-state index is 13.3. The first kappa shape index (κ1) is 22.1. The van der Waals surface area contributed by atoms with Gasteiger partial charge in [0.05, 0.1) is 11.0 Å². The van der Waals surface area contributed by atoms with Gasteiger partial charge < -0.3 is 4.79 Å². The van der Waals surface area contributed by atoms with Crippen LogP contribution in [0.3, 0.4) is 0 Å². The van der Waals surface area contributed by atoms with Crippen molar-refractivity contribution in [2.24, 2.45) is 0 Å². The maximum Gasteiger partial charge on any atom is 0.247 e. The van der Waals surface area contributed by atoms with Gasteiger partial charge in [0.1, 0.15) is 18.0 Å². The van der Waals surface area contributed by atoms with E-state index in [1.54, 1.807) is 4.57 Å². The molecule has 4 heteroatoms. The lowest BCUT2D eigenvalue weighted by Gasteiger charge is -2.23. The van der Waals surface area contributed by atoms with Crippen molar-refractivity contribution >= 4 is 23.2 Å². The highest BCUT2D eigenvalue weighted by Gasteiger charge is 2.34. The Balaban J connectivity index is 1.45. The van der Waals surface area contributed by atoms with Crippen molar-refractivity contribution in [3.8, 4) is 44.8 Å². The van der Waals surface area contributed by atoms with Crippen molar-refractivity contribution in [1.82, 2.24) is 9.55 Å². The predicted molar refractivity (Wildman–Crippen MR) is 151 cm³/mol. The van der Waals surface area contributed by atoms with E-state index >= 15 is 0 Å². The highest BCUT2D eigenvalue weighted by atomic mass is 16.2. The molecular formula is C34H22N2O2. The Bertz CT molecular complexity index is 1800. The van der Waals surface area contributed by atoms with Crippen LogP contribution in [-0.4, -0.2) is 21.7 Å². The van der Waals surface area contributed by atoms with Crippen LogP contribution in [0.4, 0.5) is 0 Å². The molecule has 1 aromatic heterocycles. The molecule has 4 nitrogen and oxygen atoms in total. The van der Waals surface area contributed by atoms with Crippen molar-refractivity contribution in [3.05, 3.63) is 127 Å². The van der Waals surface area contributed by atoms with Gasteiger partial charge in [0, 0.05) is 5.56 Å². The molecule has 0 radical (unpaired) electrons. The zero-order valence-corrected chi connectivity index (χ0v) is 20.4. The molecule has 0 bridgehead atoms. The van der Waals surface area contributed by atoms with Crippen molar-refractivity contribution in [3.63, 3.8) is 0 Å². The molecule has 7 rings (SSSR count). The molecule has 0 N–H and O–H groups in total. The lowest BCUT2D eigenvalue weighted by molar-refractivity contribution is -0.108. The van der Waals surface area contributed by atoms with Crippen LogP contribution in [0.1, 0.15) is 16.3 Å². The molecule has 1 atom stereocenters. The third-order valence-electron chi connectivity index (χ3n) is 7.29. The van der Waals surface area contributed by atoms with E-state index in [0.717, 1.165) is 50.7 Å². The number of nitrogens with zero attached hydrogens (tertiary/aromatic N) is 2. The SMILES string of the molecule is O=CC1C(=O)n2c(nc3ccccc32)-c2cc(-c3cc(-c4ccccc4)cc(-c4ccccc4)c3)ccc21. The van der Waals surface area contributed by atoms with Crippen molar-refractivity contribution in [2.45, 2.75) is 5.92 Å². The number of carbonyl (C=O) groups is 2. The van der Waals surface area contributed by atoms with Crippen LogP contribution in [0.15, 0.2) is 121 Å². The summed E-state index contributed by atoms with van der Waals surface area (Å²) in [7, 11) is 0. The summed E-state index contributed by atoms with van der Waals surface area (Å²) in [4.78, 5) is 30.2. The first-order valence-corrected chi connectivity index (χ1v) is 12.6. The van der Waals surface area contributed by atoms with E-state index in [0.29, 0.717) is 16.9 Å². The Morgan fingerprint density at radius 1 is 0.605 bits per heavy atom. The van der Waals surface area contributed by atoms with Crippen molar-refractivity contribution < 1.29 is 9.59 Å². The number of hydrogen-bond acceptors (Lipinski definition) is 3. The lowest BCUT2D eigenvalue weighted by atomic mass is 9.87. The summed E-state index contributed by atoms with van der Waals surface area (Å²) < 4.78 is 1.59. The average Bonchev–Trinajstić information content (AvgIpc) is 3.38. The molecule has 0 spiro atoms. The van der Waals surface area contributed by atoms with Crippen LogP contribution < -0.4 is 0 Å². The second kappa shape index (κ2) is 8.79. The van der Waals surface area contributed by atoms with Crippen LogP contribution in [0.2, 0.25) is 0 Å². The van der Waals surface area contributed by atoms with Gasteiger partial charge in [-0.2, -0.15) is 0 Å². The average molecular weight is 491 g/mol. The molecule has 5 aromatic carbocycles. The highest BCUT2D eigenvalue weighted by Crippen LogP contribution is 2.40. The summed E-state index contributed by atoms with van der Waals surface area (Å²) in [5.74, 6) is -0.547. The number of benzene rings is 5. The van der Waals surface area contributed by atoms with Crippen LogP contribution in [0, 0.1) is 0 Å². The van der Waals surface area contributed by atoms with E-state index in [1.807, 2.05) is 72.8 Å². The van der Waals surface area contributed by atoms with E-state index in [4.69, 9.17) is 4.98 Å². The summed E-state index contributed by atoms with van der Waals surface area (Å²) in [5, 5.41) is 0.